The molecule has 0 saturated carbocycles. The highest BCUT2D eigenvalue weighted by molar-refractivity contribution is 6.10. The third-order valence-corrected chi connectivity index (χ3v) is 7.76. The maximum Gasteiger partial charge on any atom is 0.338 e. The molecular weight excluding hydrogens is 589 g/mol. The molecule has 0 bridgehead atoms. The minimum absolute atomic E-state index is 0.0245. The average Bonchev–Trinajstić information content (AvgIpc) is 3.37. The maximum absolute atomic E-state index is 14.3. The number of anilines is 1. The second-order valence-corrected chi connectivity index (χ2v) is 10.8. The lowest BCUT2D eigenvalue weighted by molar-refractivity contribution is 0.0499. The Balaban J connectivity index is 1.44. The Morgan fingerprint density at radius 1 is 0.891 bits per heavy atom. The van der Waals surface area contributed by atoms with E-state index in [0.29, 0.717) is 48.1 Å². The second kappa shape index (κ2) is 13.3. The van der Waals surface area contributed by atoms with Crippen molar-refractivity contribution in [1.29, 1.82) is 0 Å². The highest BCUT2D eigenvalue weighted by Gasteiger charge is 2.44. The van der Waals surface area contributed by atoms with Gasteiger partial charge in [-0.3, -0.25) is 14.5 Å². The fourth-order valence-electron chi connectivity index (χ4n) is 5.50. The lowest BCUT2D eigenvalue weighted by Crippen LogP contribution is -2.29. The SMILES string of the molecule is CCCCOC(=O)c1ccc(N2C(=O)c3oc4ccc(F)cc4c(=O)c3C2c2ccc(OCc3ccccc3)c(OCC)c2)cc1. The van der Waals surface area contributed by atoms with Crippen LogP contribution >= 0.6 is 0 Å². The van der Waals surface area contributed by atoms with E-state index in [1.54, 1.807) is 42.5 Å². The smallest absolute Gasteiger partial charge is 0.338 e. The highest BCUT2D eigenvalue weighted by atomic mass is 19.1. The number of carbonyl (C=O) groups is 2. The lowest BCUT2D eigenvalue weighted by atomic mass is 9.97. The molecule has 46 heavy (non-hydrogen) atoms. The van der Waals surface area contributed by atoms with Crippen LogP contribution in [0.4, 0.5) is 10.1 Å². The summed E-state index contributed by atoms with van der Waals surface area (Å²) in [6.07, 6.45) is 1.65. The number of hydrogen-bond donors (Lipinski definition) is 0. The van der Waals surface area contributed by atoms with Gasteiger partial charge in [0.2, 0.25) is 5.76 Å². The molecule has 1 unspecified atom stereocenters. The second-order valence-electron chi connectivity index (χ2n) is 10.8. The molecule has 8 nitrogen and oxygen atoms in total. The van der Waals surface area contributed by atoms with Gasteiger partial charge in [-0.2, -0.15) is 0 Å². The number of hydrogen-bond acceptors (Lipinski definition) is 7. The third-order valence-electron chi connectivity index (χ3n) is 7.76. The number of nitrogens with zero attached hydrogens (tertiary/aromatic N) is 1. The number of ether oxygens (including phenoxy) is 3. The summed E-state index contributed by atoms with van der Waals surface area (Å²) in [7, 11) is 0. The van der Waals surface area contributed by atoms with Crippen LogP contribution < -0.4 is 19.8 Å². The van der Waals surface area contributed by atoms with Crippen LogP contribution in [0.15, 0.2) is 100 Å². The summed E-state index contributed by atoms with van der Waals surface area (Å²) in [4.78, 5) is 42.0. The lowest BCUT2D eigenvalue weighted by Gasteiger charge is -2.26. The molecule has 0 N–H and O–H groups in total. The van der Waals surface area contributed by atoms with Crippen LogP contribution in [0.3, 0.4) is 0 Å². The van der Waals surface area contributed by atoms with Crippen molar-refractivity contribution in [2.75, 3.05) is 18.1 Å². The zero-order chi connectivity index (χ0) is 32.2. The third kappa shape index (κ3) is 5.96. The maximum atomic E-state index is 14.3. The number of unbranched alkanes of at least 4 members (excludes halogenated alkanes) is 1. The van der Waals surface area contributed by atoms with Gasteiger partial charge in [0.15, 0.2) is 16.9 Å². The average molecular weight is 622 g/mol. The van der Waals surface area contributed by atoms with E-state index in [9.17, 15) is 18.8 Å². The van der Waals surface area contributed by atoms with Gasteiger partial charge < -0.3 is 18.6 Å². The summed E-state index contributed by atoms with van der Waals surface area (Å²) in [5.74, 6) is -0.839. The molecule has 2 heterocycles. The van der Waals surface area contributed by atoms with Crippen LogP contribution in [-0.4, -0.2) is 25.1 Å². The topological polar surface area (TPSA) is 95.3 Å². The predicted molar refractivity (Wildman–Crippen MR) is 171 cm³/mol. The molecule has 0 radical (unpaired) electrons. The molecule has 1 aliphatic rings. The summed E-state index contributed by atoms with van der Waals surface area (Å²) < 4.78 is 37.6. The van der Waals surface area contributed by atoms with Gasteiger partial charge >= 0.3 is 5.97 Å². The molecule has 6 rings (SSSR count). The van der Waals surface area contributed by atoms with Crippen LogP contribution in [-0.2, 0) is 11.3 Å². The molecule has 1 amide bonds. The monoisotopic (exact) mass is 621 g/mol. The Morgan fingerprint density at radius 2 is 1.67 bits per heavy atom. The van der Waals surface area contributed by atoms with E-state index >= 15 is 0 Å². The predicted octanol–water partition coefficient (Wildman–Crippen LogP) is 7.62. The Morgan fingerprint density at radius 3 is 2.41 bits per heavy atom. The summed E-state index contributed by atoms with van der Waals surface area (Å²) in [6, 6.07) is 24.0. The molecule has 234 valence electrons. The van der Waals surface area contributed by atoms with Crippen molar-refractivity contribution in [3.05, 3.63) is 135 Å². The fourth-order valence-corrected chi connectivity index (χ4v) is 5.50. The molecule has 1 atom stereocenters. The standard InChI is InChI=1S/C37H32FNO7/c1-3-5-19-44-37(42)24-11-15-27(16-12-24)39-33(32-34(40)28-21-26(38)14-18-29(28)46-35(32)36(39)41)25-13-17-30(31(20-25)43-4-2)45-22-23-9-7-6-8-10-23/h6-18,20-21,33H,3-5,19,22H2,1-2H3. The number of esters is 1. The molecule has 1 aromatic heterocycles. The van der Waals surface area contributed by atoms with Crippen molar-refractivity contribution in [1.82, 2.24) is 0 Å². The zero-order valence-corrected chi connectivity index (χ0v) is 25.5. The van der Waals surface area contributed by atoms with Gasteiger partial charge in [-0.05, 0) is 79.1 Å². The van der Waals surface area contributed by atoms with Gasteiger partial charge in [0, 0.05) is 5.69 Å². The van der Waals surface area contributed by atoms with Crippen LogP contribution in [0.25, 0.3) is 11.0 Å². The largest absolute Gasteiger partial charge is 0.490 e. The van der Waals surface area contributed by atoms with Gasteiger partial charge in [0.25, 0.3) is 5.91 Å². The van der Waals surface area contributed by atoms with Crippen molar-refractivity contribution < 1.29 is 32.6 Å². The van der Waals surface area contributed by atoms with Crippen molar-refractivity contribution in [3.63, 3.8) is 0 Å². The van der Waals surface area contributed by atoms with Gasteiger partial charge in [-0.25, -0.2) is 9.18 Å². The Kier molecular flexibility index (Phi) is 8.83. The molecule has 4 aromatic carbocycles. The molecule has 0 aliphatic carbocycles. The van der Waals surface area contributed by atoms with Crippen LogP contribution in [0.1, 0.15) is 70.3 Å². The minimum atomic E-state index is -0.948. The quantitative estimate of drug-likeness (QED) is 0.111. The summed E-state index contributed by atoms with van der Waals surface area (Å²) >= 11 is 0. The van der Waals surface area contributed by atoms with Gasteiger partial charge in [-0.1, -0.05) is 49.7 Å². The van der Waals surface area contributed by atoms with Crippen LogP contribution in [0, 0.1) is 5.82 Å². The Bertz CT molecular complexity index is 1950. The minimum Gasteiger partial charge on any atom is -0.490 e. The van der Waals surface area contributed by atoms with Crippen molar-refractivity contribution in [3.8, 4) is 11.5 Å². The van der Waals surface area contributed by atoms with Gasteiger partial charge in [-0.15, -0.1) is 0 Å². The Labute approximate surface area is 264 Å². The van der Waals surface area contributed by atoms with Crippen LogP contribution in [0.5, 0.6) is 11.5 Å². The van der Waals surface area contributed by atoms with E-state index < -0.39 is 29.2 Å². The first-order valence-electron chi connectivity index (χ1n) is 15.2. The number of carbonyl (C=O) groups excluding carboxylic acids is 2. The van der Waals surface area contributed by atoms with Gasteiger partial charge in [0.05, 0.1) is 35.8 Å². The summed E-state index contributed by atoms with van der Waals surface area (Å²) in [6.45, 7) is 4.82. The summed E-state index contributed by atoms with van der Waals surface area (Å²) in [5, 5.41) is 0.0245. The van der Waals surface area contributed by atoms with Crippen molar-refractivity contribution in [2.45, 2.75) is 39.3 Å². The van der Waals surface area contributed by atoms with E-state index in [1.807, 2.05) is 44.2 Å². The van der Waals surface area contributed by atoms with Crippen LogP contribution in [0.2, 0.25) is 0 Å². The molecule has 0 fully saturated rings. The molecule has 1 aliphatic heterocycles. The van der Waals surface area contributed by atoms with Crippen molar-refractivity contribution in [2.24, 2.45) is 0 Å². The van der Waals surface area contributed by atoms with E-state index in [0.717, 1.165) is 24.5 Å². The Hall–Kier alpha value is -5.44. The molecule has 9 heteroatoms. The number of halogens is 1. The molecule has 0 spiro atoms. The summed E-state index contributed by atoms with van der Waals surface area (Å²) in [5.41, 5.74) is 1.93. The van der Waals surface area contributed by atoms with E-state index in [-0.39, 0.29) is 22.3 Å². The number of amides is 1. The number of fused-ring (bicyclic) bond motifs is 2. The number of benzene rings is 4. The first-order valence-corrected chi connectivity index (χ1v) is 15.2. The van der Waals surface area contributed by atoms with Crippen molar-refractivity contribution >= 4 is 28.5 Å². The first-order chi connectivity index (χ1) is 22.4. The zero-order valence-electron chi connectivity index (χ0n) is 25.5. The van der Waals surface area contributed by atoms with Gasteiger partial charge in [0.1, 0.15) is 18.0 Å². The van der Waals surface area contributed by atoms with E-state index in [1.165, 1.54) is 17.0 Å². The highest BCUT2D eigenvalue weighted by Crippen LogP contribution is 2.43. The van der Waals surface area contributed by atoms with E-state index in [2.05, 4.69) is 0 Å². The van der Waals surface area contributed by atoms with E-state index in [4.69, 9.17) is 18.6 Å². The number of rotatable bonds is 11. The molecule has 5 aromatic rings. The molecular formula is C37H32FNO7. The first kappa shape index (κ1) is 30.6. The molecule has 0 saturated heterocycles. The normalized spacial score (nSPS) is 13.9. The fraction of sp³-hybridized carbons (Fsp3) is 0.216.